The zero-order valence-corrected chi connectivity index (χ0v) is 18.8. The molecule has 26 heavy (non-hydrogen) atoms. The zero-order chi connectivity index (χ0) is 18.5. The van der Waals surface area contributed by atoms with Gasteiger partial charge in [0.15, 0.2) is 17.5 Å². The number of nitrogens with one attached hydrogen (secondary N) is 2. The van der Waals surface area contributed by atoms with Gasteiger partial charge in [0.25, 0.3) is 0 Å². The van der Waals surface area contributed by atoms with E-state index in [1.54, 1.807) is 14.2 Å². The molecule has 0 amide bonds. The van der Waals surface area contributed by atoms with Crippen LogP contribution in [0.2, 0.25) is 0 Å². The molecule has 0 spiro atoms. The van der Waals surface area contributed by atoms with Crippen LogP contribution in [0.5, 0.6) is 11.5 Å². The van der Waals surface area contributed by atoms with Gasteiger partial charge in [-0.15, -0.1) is 24.0 Å². The largest absolute Gasteiger partial charge is 0.493 e. The van der Waals surface area contributed by atoms with Gasteiger partial charge >= 0.3 is 0 Å². The van der Waals surface area contributed by atoms with Crippen LogP contribution in [0, 0.1) is 5.41 Å². The molecule has 0 heterocycles. The number of anilines is 1. The van der Waals surface area contributed by atoms with Gasteiger partial charge in [0.05, 0.1) is 19.5 Å². The third-order valence-corrected chi connectivity index (χ3v) is 5.24. The van der Waals surface area contributed by atoms with Gasteiger partial charge in [-0.25, -0.2) is 8.42 Å². The number of nitrogens with zero attached hydrogens (tertiary/aromatic N) is 1. The molecule has 1 fully saturated rings. The summed E-state index contributed by atoms with van der Waals surface area (Å²) in [5.41, 5.74) is 0.645. The molecule has 1 aromatic carbocycles. The maximum atomic E-state index is 11.6. The Morgan fingerprint density at radius 1 is 1.31 bits per heavy atom. The molecule has 0 atom stereocenters. The number of hydrogen-bond donors (Lipinski definition) is 2. The fourth-order valence-corrected chi connectivity index (χ4v) is 4.22. The molecule has 9 heteroatoms. The average Bonchev–Trinajstić information content (AvgIpc) is 3.29. The van der Waals surface area contributed by atoms with E-state index < -0.39 is 9.84 Å². The van der Waals surface area contributed by atoms with Gasteiger partial charge in [0.1, 0.15) is 9.84 Å². The molecule has 0 radical (unpaired) electrons. The lowest BCUT2D eigenvalue weighted by Gasteiger charge is -2.18. The molecular weight excluding hydrogens is 469 g/mol. The highest BCUT2D eigenvalue weighted by molar-refractivity contribution is 14.0. The molecule has 7 nitrogen and oxygen atoms in total. The average molecular weight is 497 g/mol. The summed E-state index contributed by atoms with van der Waals surface area (Å²) in [6, 6.07) is 5.54. The Labute approximate surface area is 172 Å². The number of sulfone groups is 1. The van der Waals surface area contributed by atoms with Gasteiger partial charge in [0, 0.05) is 37.0 Å². The number of benzene rings is 1. The minimum absolute atomic E-state index is 0. The van der Waals surface area contributed by atoms with Crippen molar-refractivity contribution < 1.29 is 17.9 Å². The van der Waals surface area contributed by atoms with Gasteiger partial charge < -0.3 is 20.1 Å². The van der Waals surface area contributed by atoms with Crippen molar-refractivity contribution >= 4 is 45.5 Å². The number of guanidine groups is 1. The molecular formula is C17H28IN3O4S. The Bertz CT molecular complexity index is 734. The molecule has 0 aliphatic heterocycles. The molecule has 1 aliphatic carbocycles. The minimum Gasteiger partial charge on any atom is -0.493 e. The van der Waals surface area contributed by atoms with Crippen molar-refractivity contribution in [2.45, 2.75) is 19.8 Å². The standard InChI is InChI=1S/C17H27N3O4S.HI/c1-5-24-15-10-13(6-7-14(15)23-3)20-16(18-2)19-11-17(8-9-17)12-25(4,21)22;/h6-7,10H,5,8-9,11-12H2,1-4H3,(H2,18,19,20);1H. The summed E-state index contributed by atoms with van der Waals surface area (Å²) in [6.45, 7) is 3.03. The summed E-state index contributed by atoms with van der Waals surface area (Å²) in [5.74, 6) is 2.12. The van der Waals surface area contributed by atoms with Crippen molar-refractivity contribution in [3.05, 3.63) is 18.2 Å². The highest BCUT2D eigenvalue weighted by atomic mass is 127. The number of ether oxygens (including phenoxy) is 2. The Hall–Kier alpha value is -1.23. The molecule has 148 valence electrons. The topological polar surface area (TPSA) is 89.0 Å². The van der Waals surface area contributed by atoms with Crippen LogP contribution < -0.4 is 20.1 Å². The predicted octanol–water partition coefficient (Wildman–Crippen LogP) is 2.52. The summed E-state index contributed by atoms with van der Waals surface area (Å²) in [5, 5.41) is 6.42. The first kappa shape index (κ1) is 22.8. The van der Waals surface area contributed by atoms with Crippen LogP contribution in [0.3, 0.4) is 0 Å². The number of aliphatic imine (C=N–C) groups is 1. The van der Waals surface area contributed by atoms with E-state index in [1.165, 1.54) is 6.26 Å². The zero-order valence-electron chi connectivity index (χ0n) is 15.7. The first-order valence-electron chi connectivity index (χ1n) is 8.27. The minimum atomic E-state index is -2.98. The van der Waals surface area contributed by atoms with Gasteiger partial charge in [-0.1, -0.05) is 0 Å². The maximum Gasteiger partial charge on any atom is 0.195 e. The van der Waals surface area contributed by atoms with Gasteiger partial charge in [-0.05, 0) is 31.9 Å². The highest BCUT2D eigenvalue weighted by Gasteiger charge is 2.45. The van der Waals surface area contributed by atoms with Crippen LogP contribution >= 0.6 is 24.0 Å². The smallest absolute Gasteiger partial charge is 0.195 e. The Morgan fingerprint density at radius 2 is 2.00 bits per heavy atom. The van der Waals surface area contributed by atoms with Crippen molar-refractivity contribution in [3.8, 4) is 11.5 Å². The van der Waals surface area contributed by atoms with Crippen molar-refractivity contribution in [3.63, 3.8) is 0 Å². The lowest BCUT2D eigenvalue weighted by Crippen LogP contribution is -2.37. The van der Waals surface area contributed by atoms with Crippen molar-refractivity contribution in [2.24, 2.45) is 10.4 Å². The first-order valence-corrected chi connectivity index (χ1v) is 10.3. The second kappa shape index (κ2) is 9.63. The lowest BCUT2D eigenvalue weighted by atomic mass is 10.1. The number of rotatable bonds is 8. The number of hydrogen-bond acceptors (Lipinski definition) is 5. The summed E-state index contributed by atoms with van der Waals surface area (Å²) >= 11 is 0. The molecule has 1 aliphatic rings. The lowest BCUT2D eigenvalue weighted by molar-refractivity contribution is 0.311. The van der Waals surface area contributed by atoms with Crippen LogP contribution in [-0.2, 0) is 9.84 Å². The SMILES string of the molecule is CCOc1cc(NC(=NC)NCC2(CS(C)(=O)=O)CC2)ccc1OC.I. The van der Waals surface area contributed by atoms with E-state index in [2.05, 4.69) is 15.6 Å². The second-order valence-corrected chi connectivity index (χ2v) is 8.56. The van der Waals surface area contributed by atoms with Crippen molar-refractivity contribution in [1.82, 2.24) is 5.32 Å². The van der Waals surface area contributed by atoms with Crippen molar-refractivity contribution in [2.75, 3.05) is 44.6 Å². The van der Waals surface area contributed by atoms with Crippen molar-refractivity contribution in [1.29, 1.82) is 0 Å². The Balaban J connectivity index is 0.00000338. The van der Waals surface area contributed by atoms with E-state index in [1.807, 2.05) is 25.1 Å². The molecule has 1 aromatic rings. The van der Waals surface area contributed by atoms with Crippen LogP contribution in [0.15, 0.2) is 23.2 Å². The molecule has 0 unspecified atom stereocenters. The molecule has 2 rings (SSSR count). The molecule has 0 saturated heterocycles. The first-order chi connectivity index (χ1) is 11.8. The highest BCUT2D eigenvalue weighted by Crippen LogP contribution is 2.46. The van der Waals surface area contributed by atoms with E-state index >= 15 is 0 Å². The van der Waals surface area contributed by atoms with Crippen LogP contribution in [-0.4, -0.2) is 53.7 Å². The van der Waals surface area contributed by atoms with E-state index in [0.29, 0.717) is 30.6 Å². The van der Waals surface area contributed by atoms with E-state index in [4.69, 9.17) is 9.47 Å². The van der Waals surface area contributed by atoms with E-state index in [-0.39, 0.29) is 35.1 Å². The molecule has 2 N–H and O–H groups in total. The third kappa shape index (κ3) is 6.82. The molecule has 0 bridgehead atoms. The summed E-state index contributed by atoms with van der Waals surface area (Å²) in [6.07, 6.45) is 3.12. The van der Waals surface area contributed by atoms with Gasteiger partial charge in [0.2, 0.25) is 0 Å². The summed E-state index contributed by atoms with van der Waals surface area (Å²) in [7, 11) is 0.295. The predicted molar refractivity (Wildman–Crippen MR) is 116 cm³/mol. The fourth-order valence-electron chi connectivity index (χ4n) is 2.71. The monoisotopic (exact) mass is 497 g/mol. The number of halogens is 1. The van der Waals surface area contributed by atoms with Gasteiger partial charge in [-0.2, -0.15) is 0 Å². The Kier molecular flexibility index (Phi) is 8.45. The molecule has 1 saturated carbocycles. The van der Waals surface area contributed by atoms with E-state index in [9.17, 15) is 8.42 Å². The Morgan fingerprint density at radius 3 is 2.50 bits per heavy atom. The molecule has 0 aromatic heterocycles. The third-order valence-electron chi connectivity index (χ3n) is 4.11. The fraction of sp³-hybridized carbons (Fsp3) is 0.588. The quantitative estimate of drug-likeness (QED) is 0.326. The van der Waals surface area contributed by atoms with Crippen LogP contribution in [0.25, 0.3) is 0 Å². The summed E-state index contributed by atoms with van der Waals surface area (Å²) in [4.78, 5) is 4.20. The van der Waals surface area contributed by atoms with Crippen LogP contribution in [0.1, 0.15) is 19.8 Å². The maximum absolute atomic E-state index is 11.6. The van der Waals surface area contributed by atoms with Crippen LogP contribution in [0.4, 0.5) is 5.69 Å². The summed E-state index contributed by atoms with van der Waals surface area (Å²) < 4.78 is 34.0. The number of methoxy groups -OCH3 is 1. The normalized spacial score (nSPS) is 15.6. The van der Waals surface area contributed by atoms with Gasteiger partial charge in [-0.3, -0.25) is 4.99 Å². The second-order valence-electron chi connectivity index (χ2n) is 6.42. The van der Waals surface area contributed by atoms with E-state index in [0.717, 1.165) is 18.5 Å².